The van der Waals surface area contributed by atoms with E-state index in [1.54, 1.807) is 0 Å². The molecule has 0 amide bonds. The SMILES string of the molecule is CC(=O)Oc1ccc([N+](=O)[O-])cc1C(F)(F)F. The quantitative estimate of drug-likeness (QED) is 0.349. The van der Waals surface area contributed by atoms with E-state index in [-0.39, 0.29) is 0 Å². The molecule has 0 spiro atoms. The summed E-state index contributed by atoms with van der Waals surface area (Å²) in [6, 6.07) is 1.88. The van der Waals surface area contributed by atoms with Gasteiger partial charge in [0.05, 0.1) is 4.92 Å². The molecule has 0 aromatic heterocycles. The number of non-ortho nitro benzene ring substituents is 1. The molecule has 1 rings (SSSR count). The zero-order chi connectivity index (χ0) is 13.2. The monoisotopic (exact) mass is 249 g/mol. The third-order valence-electron chi connectivity index (χ3n) is 1.73. The summed E-state index contributed by atoms with van der Waals surface area (Å²) in [6.45, 7) is 0.932. The normalized spacial score (nSPS) is 11.1. The van der Waals surface area contributed by atoms with Crippen LogP contribution in [0.3, 0.4) is 0 Å². The van der Waals surface area contributed by atoms with E-state index in [0.717, 1.165) is 19.1 Å². The number of esters is 1. The van der Waals surface area contributed by atoms with E-state index in [9.17, 15) is 28.1 Å². The lowest BCUT2D eigenvalue weighted by molar-refractivity contribution is -0.385. The molecule has 1 aromatic rings. The number of carbonyl (C=O) groups excluding carboxylic acids is 1. The molecule has 0 aliphatic rings. The highest BCUT2D eigenvalue weighted by atomic mass is 19.4. The first-order valence-corrected chi connectivity index (χ1v) is 4.26. The van der Waals surface area contributed by atoms with Gasteiger partial charge in [0.2, 0.25) is 0 Å². The molecule has 0 unspecified atom stereocenters. The van der Waals surface area contributed by atoms with Crippen molar-refractivity contribution < 1.29 is 27.6 Å². The minimum atomic E-state index is -4.84. The number of halogens is 3. The number of benzene rings is 1. The Hall–Kier alpha value is -2.12. The number of hydrogen-bond donors (Lipinski definition) is 0. The van der Waals surface area contributed by atoms with Crippen LogP contribution in [-0.4, -0.2) is 10.9 Å². The first-order valence-electron chi connectivity index (χ1n) is 4.26. The van der Waals surface area contributed by atoms with Crippen molar-refractivity contribution in [3.63, 3.8) is 0 Å². The van der Waals surface area contributed by atoms with Crippen molar-refractivity contribution in [2.45, 2.75) is 13.1 Å². The van der Waals surface area contributed by atoms with Gasteiger partial charge in [-0.05, 0) is 6.07 Å². The van der Waals surface area contributed by atoms with Crippen LogP contribution in [0.2, 0.25) is 0 Å². The van der Waals surface area contributed by atoms with Crippen molar-refractivity contribution in [3.05, 3.63) is 33.9 Å². The Kier molecular flexibility index (Phi) is 3.35. The Bertz CT molecular complexity index is 470. The highest BCUT2D eigenvalue weighted by molar-refractivity contribution is 5.70. The lowest BCUT2D eigenvalue weighted by Gasteiger charge is -2.11. The van der Waals surface area contributed by atoms with E-state index >= 15 is 0 Å². The largest absolute Gasteiger partial charge is 0.426 e. The maximum absolute atomic E-state index is 12.5. The Labute approximate surface area is 93.0 Å². The summed E-state index contributed by atoms with van der Waals surface area (Å²) in [5.41, 5.74) is -2.09. The third kappa shape index (κ3) is 3.16. The van der Waals surface area contributed by atoms with Crippen molar-refractivity contribution in [2.75, 3.05) is 0 Å². The van der Waals surface area contributed by atoms with Crippen molar-refractivity contribution in [1.29, 1.82) is 0 Å². The van der Waals surface area contributed by atoms with Gasteiger partial charge in [0, 0.05) is 19.1 Å². The van der Waals surface area contributed by atoms with Crippen LogP contribution in [0.15, 0.2) is 18.2 Å². The fourth-order valence-corrected chi connectivity index (χ4v) is 1.10. The molecule has 5 nitrogen and oxygen atoms in total. The molecule has 0 atom stereocenters. The van der Waals surface area contributed by atoms with Crippen molar-refractivity contribution in [3.8, 4) is 5.75 Å². The zero-order valence-electron chi connectivity index (χ0n) is 8.45. The topological polar surface area (TPSA) is 69.4 Å². The van der Waals surface area contributed by atoms with E-state index in [0.29, 0.717) is 6.07 Å². The molecule has 8 heteroatoms. The molecule has 0 bridgehead atoms. The minimum absolute atomic E-state index is 0.318. The summed E-state index contributed by atoms with van der Waals surface area (Å²) in [7, 11) is 0. The van der Waals surface area contributed by atoms with Crippen LogP contribution >= 0.6 is 0 Å². The highest BCUT2D eigenvalue weighted by Gasteiger charge is 2.36. The van der Waals surface area contributed by atoms with Crippen LogP contribution < -0.4 is 4.74 Å². The van der Waals surface area contributed by atoms with E-state index in [4.69, 9.17) is 0 Å². The minimum Gasteiger partial charge on any atom is -0.426 e. The molecule has 0 heterocycles. The predicted molar refractivity (Wildman–Crippen MR) is 49.4 cm³/mol. The maximum Gasteiger partial charge on any atom is 0.420 e. The van der Waals surface area contributed by atoms with Gasteiger partial charge in [-0.15, -0.1) is 0 Å². The van der Waals surface area contributed by atoms with Gasteiger partial charge in [0.25, 0.3) is 5.69 Å². The summed E-state index contributed by atoms with van der Waals surface area (Å²) in [4.78, 5) is 20.0. The number of hydrogen-bond acceptors (Lipinski definition) is 4. The molecular formula is C9H6F3NO4. The van der Waals surface area contributed by atoms with Gasteiger partial charge in [-0.25, -0.2) is 0 Å². The Balaban J connectivity index is 3.31. The summed E-state index contributed by atoms with van der Waals surface area (Å²) in [5.74, 6) is -1.69. The molecular weight excluding hydrogens is 243 g/mol. The molecule has 1 aromatic carbocycles. The molecule has 0 saturated heterocycles. The summed E-state index contributed by atoms with van der Waals surface area (Å²) < 4.78 is 41.9. The van der Waals surface area contributed by atoms with Crippen LogP contribution in [0.25, 0.3) is 0 Å². The lowest BCUT2D eigenvalue weighted by atomic mass is 10.1. The second-order valence-electron chi connectivity index (χ2n) is 3.03. The van der Waals surface area contributed by atoms with E-state index in [1.807, 2.05) is 0 Å². The second kappa shape index (κ2) is 4.40. The van der Waals surface area contributed by atoms with Gasteiger partial charge < -0.3 is 4.74 Å². The third-order valence-corrected chi connectivity index (χ3v) is 1.73. The van der Waals surface area contributed by atoms with Crippen LogP contribution in [0.4, 0.5) is 18.9 Å². The highest BCUT2D eigenvalue weighted by Crippen LogP contribution is 2.38. The Morgan fingerprint density at radius 1 is 1.41 bits per heavy atom. The number of nitro groups is 1. The van der Waals surface area contributed by atoms with E-state index in [2.05, 4.69) is 4.74 Å². The molecule has 0 saturated carbocycles. The fraction of sp³-hybridized carbons (Fsp3) is 0.222. The maximum atomic E-state index is 12.5. The van der Waals surface area contributed by atoms with Gasteiger partial charge in [0.15, 0.2) is 0 Å². The van der Waals surface area contributed by atoms with Crippen LogP contribution in [0.5, 0.6) is 5.75 Å². The second-order valence-corrected chi connectivity index (χ2v) is 3.03. The first-order chi connectivity index (χ1) is 7.71. The van der Waals surface area contributed by atoms with Crippen LogP contribution in [0, 0.1) is 10.1 Å². The number of nitro benzene ring substituents is 1. The average Bonchev–Trinajstić information content (AvgIpc) is 2.15. The van der Waals surface area contributed by atoms with Crippen molar-refractivity contribution in [1.82, 2.24) is 0 Å². The molecule has 17 heavy (non-hydrogen) atoms. The number of nitrogens with zero attached hydrogens (tertiary/aromatic N) is 1. The fourth-order valence-electron chi connectivity index (χ4n) is 1.10. The first kappa shape index (κ1) is 12.9. The number of alkyl halides is 3. The van der Waals surface area contributed by atoms with Crippen LogP contribution in [-0.2, 0) is 11.0 Å². The molecule has 0 radical (unpaired) electrons. The summed E-state index contributed by atoms with van der Waals surface area (Å²) in [6.07, 6.45) is -4.84. The van der Waals surface area contributed by atoms with Crippen LogP contribution in [0.1, 0.15) is 12.5 Å². The molecule has 0 N–H and O–H groups in total. The zero-order valence-corrected chi connectivity index (χ0v) is 8.45. The lowest BCUT2D eigenvalue weighted by Crippen LogP contribution is -2.11. The van der Waals surface area contributed by atoms with E-state index < -0.39 is 34.1 Å². The average molecular weight is 249 g/mol. The number of carbonyl (C=O) groups is 1. The summed E-state index contributed by atoms with van der Waals surface area (Å²) in [5, 5.41) is 10.3. The van der Waals surface area contributed by atoms with Gasteiger partial charge in [-0.2, -0.15) is 13.2 Å². The molecule has 0 aliphatic heterocycles. The molecule has 92 valence electrons. The number of ether oxygens (including phenoxy) is 1. The van der Waals surface area contributed by atoms with Crippen molar-refractivity contribution in [2.24, 2.45) is 0 Å². The van der Waals surface area contributed by atoms with Crippen molar-refractivity contribution >= 4 is 11.7 Å². The van der Waals surface area contributed by atoms with Gasteiger partial charge in [-0.3, -0.25) is 14.9 Å². The standard InChI is InChI=1S/C9H6F3NO4/c1-5(14)17-8-3-2-6(13(15)16)4-7(8)9(10,11)12/h2-4H,1H3. The van der Waals surface area contributed by atoms with Gasteiger partial charge in [0.1, 0.15) is 11.3 Å². The summed E-state index contributed by atoms with van der Waals surface area (Å²) >= 11 is 0. The smallest absolute Gasteiger partial charge is 0.420 e. The van der Waals surface area contributed by atoms with Gasteiger partial charge in [-0.1, -0.05) is 0 Å². The van der Waals surface area contributed by atoms with Gasteiger partial charge >= 0.3 is 12.1 Å². The molecule has 0 aliphatic carbocycles. The predicted octanol–water partition coefficient (Wildman–Crippen LogP) is 2.54. The molecule has 0 fully saturated rings. The number of rotatable bonds is 2. The Morgan fingerprint density at radius 2 is 2.00 bits per heavy atom. The van der Waals surface area contributed by atoms with E-state index in [1.165, 1.54) is 0 Å². The Morgan fingerprint density at radius 3 is 2.41 bits per heavy atom.